The third-order valence-corrected chi connectivity index (χ3v) is 2.09. The number of hydrogen-bond donors (Lipinski definition) is 1. The molecule has 12 heavy (non-hydrogen) atoms. The highest BCUT2D eigenvalue weighted by Gasteiger charge is 2.01. The number of aliphatic hydroxyl groups excluding tert-OH is 1. The van der Waals surface area contributed by atoms with E-state index in [0.29, 0.717) is 0 Å². The van der Waals surface area contributed by atoms with Crippen molar-refractivity contribution in [2.45, 2.75) is 58.0 Å². The first-order valence-electron chi connectivity index (χ1n) is 5.10. The fraction of sp³-hybridized carbons (Fsp3) is 0.818. The Balaban J connectivity index is 3.07. The van der Waals surface area contributed by atoms with Gasteiger partial charge in [0, 0.05) is 0 Å². The van der Waals surface area contributed by atoms with E-state index in [1.54, 1.807) is 0 Å². The van der Waals surface area contributed by atoms with Gasteiger partial charge < -0.3 is 5.11 Å². The highest BCUT2D eigenvalue weighted by molar-refractivity contribution is 4.66. The van der Waals surface area contributed by atoms with Crippen molar-refractivity contribution in [3.05, 3.63) is 12.7 Å². The quantitative estimate of drug-likeness (QED) is 0.438. The van der Waals surface area contributed by atoms with Crippen LogP contribution in [-0.4, -0.2) is 11.2 Å². The van der Waals surface area contributed by atoms with E-state index in [0.717, 1.165) is 32.1 Å². The molecule has 0 rings (SSSR count). The van der Waals surface area contributed by atoms with Crippen LogP contribution in [0.1, 0.15) is 51.9 Å². The van der Waals surface area contributed by atoms with Gasteiger partial charge in [-0.3, -0.25) is 0 Å². The first kappa shape index (κ1) is 11.7. The molecule has 1 unspecified atom stereocenters. The second kappa shape index (κ2) is 8.79. The zero-order valence-corrected chi connectivity index (χ0v) is 8.26. The van der Waals surface area contributed by atoms with Crippen molar-refractivity contribution in [3.63, 3.8) is 0 Å². The van der Waals surface area contributed by atoms with E-state index < -0.39 is 0 Å². The lowest BCUT2D eigenvalue weighted by atomic mass is 10.1. The maximum absolute atomic E-state index is 9.45. The van der Waals surface area contributed by atoms with E-state index in [2.05, 4.69) is 13.5 Å². The standard InChI is InChI=1S/C11H22O/c1-3-5-7-8-10-11(12)9-6-4-2/h3,11-12H,1,4-10H2,2H3. The van der Waals surface area contributed by atoms with Gasteiger partial charge in [0.05, 0.1) is 6.10 Å². The van der Waals surface area contributed by atoms with Crippen LogP contribution in [0.4, 0.5) is 0 Å². The molecule has 0 saturated carbocycles. The summed E-state index contributed by atoms with van der Waals surface area (Å²) in [7, 11) is 0. The first-order valence-corrected chi connectivity index (χ1v) is 5.10. The Morgan fingerprint density at radius 3 is 2.50 bits per heavy atom. The maximum Gasteiger partial charge on any atom is 0.0540 e. The molecule has 0 radical (unpaired) electrons. The van der Waals surface area contributed by atoms with E-state index in [9.17, 15) is 5.11 Å². The van der Waals surface area contributed by atoms with Crippen LogP contribution in [0.2, 0.25) is 0 Å². The number of rotatable bonds is 8. The van der Waals surface area contributed by atoms with Crippen LogP contribution in [0.5, 0.6) is 0 Å². The molecule has 0 aliphatic heterocycles. The van der Waals surface area contributed by atoms with Gasteiger partial charge in [0.25, 0.3) is 0 Å². The lowest BCUT2D eigenvalue weighted by Crippen LogP contribution is -2.05. The lowest BCUT2D eigenvalue weighted by molar-refractivity contribution is 0.148. The Bertz CT molecular complexity index is 99.2. The Hall–Kier alpha value is -0.300. The molecule has 0 aliphatic carbocycles. The summed E-state index contributed by atoms with van der Waals surface area (Å²) < 4.78 is 0. The summed E-state index contributed by atoms with van der Waals surface area (Å²) >= 11 is 0. The molecular formula is C11H22O. The monoisotopic (exact) mass is 170 g/mol. The van der Waals surface area contributed by atoms with Gasteiger partial charge in [-0.2, -0.15) is 0 Å². The molecule has 0 spiro atoms. The Morgan fingerprint density at radius 2 is 1.92 bits per heavy atom. The lowest BCUT2D eigenvalue weighted by Gasteiger charge is -2.08. The molecule has 1 atom stereocenters. The molecule has 0 heterocycles. The zero-order valence-electron chi connectivity index (χ0n) is 8.26. The third-order valence-electron chi connectivity index (χ3n) is 2.09. The molecule has 0 aliphatic rings. The summed E-state index contributed by atoms with van der Waals surface area (Å²) in [6, 6.07) is 0. The van der Waals surface area contributed by atoms with Crippen LogP contribution in [0, 0.1) is 0 Å². The summed E-state index contributed by atoms with van der Waals surface area (Å²) in [5.41, 5.74) is 0. The minimum atomic E-state index is -0.0604. The average Bonchev–Trinajstić information content (AvgIpc) is 2.09. The molecule has 0 saturated heterocycles. The largest absolute Gasteiger partial charge is 0.393 e. The summed E-state index contributed by atoms with van der Waals surface area (Å²) in [6.07, 6.45) is 9.56. The van der Waals surface area contributed by atoms with Crippen molar-refractivity contribution in [2.75, 3.05) is 0 Å². The molecule has 1 N–H and O–H groups in total. The number of hydrogen-bond acceptors (Lipinski definition) is 1. The first-order chi connectivity index (χ1) is 5.81. The fourth-order valence-corrected chi connectivity index (χ4v) is 1.25. The van der Waals surface area contributed by atoms with Crippen molar-refractivity contribution < 1.29 is 5.11 Å². The molecule has 0 bridgehead atoms. The molecule has 1 heteroatoms. The number of unbranched alkanes of at least 4 members (excludes halogenated alkanes) is 3. The van der Waals surface area contributed by atoms with Crippen molar-refractivity contribution in [3.8, 4) is 0 Å². The summed E-state index contributed by atoms with van der Waals surface area (Å²) in [6.45, 7) is 5.82. The van der Waals surface area contributed by atoms with Crippen LogP contribution < -0.4 is 0 Å². The van der Waals surface area contributed by atoms with Crippen molar-refractivity contribution in [1.82, 2.24) is 0 Å². The molecule has 0 fully saturated rings. The van der Waals surface area contributed by atoms with Gasteiger partial charge in [0.1, 0.15) is 0 Å². The van der Waals surface area contributed by atoms with Crippen LogP contribution in [0.25, 0.3) is 0 Å². The van der Waals surface area contributed by atoms with Gasteiger partial charge in [0.2, 0.25) is 0 Å². The van der Waals surface area contributed by atoms with Gasteiger partial charge >= 0.3 is 0 Å². The normalized spacial score (nSPS) is 12.8. The van der Waals surface area contributed by atoms with Gasteiger partial charge in [-0.1, -0.05) is 32.3 Å². The van der Waals surface area contributed by atoms with Gasteiger partial charge in [0.15, 0.2) is 0 Å². The second-order valence-electron chi connectivity index (χ2n) is 3.37. The van der Waals surface area contributed by atoms with Gasteiger partial charge in [-0.25, -0.2) is 0 Å². The maximum atomic E-state index is 9.45. The molecule has 0 amide bonds. The van der Waals surface area contributed by atoms with E-state index in [1.165, 1.54) is 12.8 Å². The Morgan fingerprint density at radius 1 is 1.25 bits per heavy atom. The van der Waals surface area contributed by atoms with Crippen LogP contribution >= 0.6 is 0 Å². The van der Waals surface area contributed by atoms with Crippen molar-refractivity contribution >= 4 is 0 Å². The van der Waals surface area contributed by atoms with Gasteiger partial charge in [-0.15, -0.1) is 6.58 Å². The highest BCUT2D eigenvalue weighted by atomic mass is 16.3. The van der Waals surface area contributed by atoms with E-state index in [-0.39, 0.29) is 6.10 Å². The van der Waals surface area contributed by atoms with Crippen LogP contribution in [0.3, 0.4) is 0 Å². The van der Waals surface area contributed by atoms with Crippen LogP contribution in [0.15, 0.2) is 12.7 Å². The van der Waals surface area contributed by atoms with E-state index >= 15 is 0 Å². The molecular weight excluding hydrogens is 148 g/mol. The summed E-state index contributed by atoms with van der Waals surface area (Å²) in [5.74, 6) is 0. The Kier molecular flexibility index (Phi) is 8.57. The minimum Gasteiger partial charge on any atom is -0.393 e. The molecule has 72 valence electrons. The second-order valence-corrected chi connectivity index (χ2v) is 3.37. The number of aliphatic hydroxyl groups is 1. The predicted molar refractivity (Wildman–Crippen MR) is 54.2 cm³/mol. The Labute approximate surface area is 76.5 Å². The van der Waals surface area contributed by atoms with Gasteiger partial charge in [-0.05, 0) is 25.7 Å². The molecule has 1 nitrogen and oxygen atoms in total. The summed E-state index contributed by atoms with van der Waals surface area (Å²) in [5, 5.41) is 9.45. The molecule has 0 aromatic heterocycles. The van der Waals surface area contributed by atoms with Crippen molar-refractivity contribution in [2.24, 2.45) is 0 Å². The average molecular weight is 170 g/mol. The topological polar surface area (TPSA) is 20.2 Å². The smallest absolute Gasteiger partial charge is 0.0540 e. The molecule has 0 aromatic carbocycles. The SMILES string of the molecule is C=CCCCCC(O)CCCC. The molecule has 0 aromatic rings. The number of allylic oxidation sites excluding steroid dienone is 1. The fourth-order valence-electron chi connectivity index (χ4n) is 1.25. The van der Waals surface area contributed by atoms with E-state index in [1.807, 2.05) is 6.08 Å². The predicted octanol–water partition coefficient (Wildman–Crippen LogP) is 3.28. The van der Waals surface area contributed by atoms with E-state index in [4.69, 9.17) is 0 Å². The zero-order chi connectivity index (χ0) is 9.23. The summed E-state index contributed by atoms with van der Waals surface area (Å²) in [4.78, 5) is 0. The van der Waals surface area contributed by atoms with Crippen molar-refractivity contribution in [1.29, 1.82) is 0 Å². The van der Waals surface area contributed by atoms with Crippen LogP contribution in [-0.2, 0) is 0 Å². The highest BCUT2D eigenvalue weighted by Crippen LogP contribution is 2.09. The minimum absolute atomic E-state index is 0.0604. The third kappa shape index (κ3) is 7.80.